The van der Waals surface area contributed by atoms with Gasteiger partial charge >= 0.3 is 0 Å². The molecule has 0 bridgehead atoms. The molecule has 1 heterocycles. The number of hydrogen-bond acceptors (Lipinski definition) is 2. The normalized spacial score (nSPS) is 11.2. The molecule has 0 saturated heterocycles. The Morgan fingerprint density at radius 2 is 1.02 bits per heavy atom. The van der Waals surface area contributed by atoms with Gasteiger partial charge in [0.05, 0.1) is 21.9 Å². The van der Waals surface area contributed by atoms with Crippen LogP contribution >= 0.6 is 0 Å². The Kier molecular flexibility index (Phi) is 5.72. The van der Waals surface area contributed by atoms with Gasteiger partial charge in [-0.25, -0.2) is 0 Å². The summed E-state index contributed by atoms with van der Waals surface area (Å²) < 4.78 is 2.31. The Hall–Kier alpha value is -5.48. The van der Waals surface area contributed by atoms with Crippen molar-refractivity contribution < 1.29 is 4.92 Å². The Labute approximate surface area is 231 Å². The second-order valence-corrected chi connectivity index (χ2v) is 9.83. The average Bonchev–Trinajstić information content (AvgIpc) is 3.36. The van der Waals surface area contributed by atoms with Gasteiger partial charge in [0.2, 0.25) is 0 Å². The van der Waals surface area contributed by atoms with Crippen molar-refractivity contribution in [3.8, 4) is 39.3 Å². The Bertz CT molecular complexity index is 2010. The van der Waals surface area contributed by atoms with Gasteiger partial charge in [0, 0.05) is 22.5 Å². The third-order valence-electron chi connectivity index (χ3n) is 7.46. The van der Waals surface area contributed by atoms with Crippen molar-refractivity contribution in [3.63, 3.8) is 0 Å². The lowest BCUT2D eigenvalue weighted by molar-refractivity contribution is -0.384. The molecular formula is C36H24N2O2. The first-order valence-corrected chi connectivity index (χ1v) is 13.2. The summed E-state index contributed by atoms with van der Waals surface area (Å²) in [5.74, 6) is 0. The van der Waals surface area contributed by atoms with Gasteiger partial charge in [0.15, 0.2) is 0 Å². The van der Waals surface area contributed by atoms with Gasteiger partial charge in [-0.1, -0.05) is 115 Å². The minimum absolute atomic E-state index is 0.102. The quantitative estimate of drug-likeness (QED) is 0.169. The van der Waals surface area contributed by atoms with Crippen molar-refractivity contribution in [2.75, 3.05) is 0 Å². The maximum absolute atomic E-state index is 12.2. The molecule has 0 radical (unpaired) electrons. The van der Waals surface area contributed by atoms with E-state index in [9.17, 15) is 10.1 Å². The molecule has 4 nitrogen and oxygen atoms in total. The zero-order chi connectivity index (χ0) is 27.1. The van der Waals surface area contributed by atoms with Crippen molar-refractivity contribution >= 4 is 27.2 Å². The van der Waals surface area contributed by atoms with E-state index in [1.807, 2.05) is 78.9 Å². The zero-order valence-electron chi connectivity index (χ0n) is 21.6. The molecule has 0 aliphatic carbocycles. The maximum atomic E-state index is 12.2. The molecule has 0 aliphatic heterocycles. The van der Waals surface area contributed by atoms with E-state index in [1.54, 1.807) is 6.07 Å². The minimum Gasteiger partial charge on any atom is -0.308 e. The second-order valence-electron chi connectivity index (χ2n) is 9.83. The van der Waals surface area contributed by atoms with E-state index in [0.29, 0.717) is 5.56 Å². The van der Waals surface area contributed by atoms with Crippen molar-refractivity contribution in [1.29, 1.82) is 0 Å². The second kappa shape index (κ2) is 9.68. The summed E-state index contributed by atoms with van der Waals surface area (Å²) in [7, 11) is 0. The molecule has 190 valence electrons. The minimum atomic E-state index is -0.283. The SMILES string of the molecule is O=[N+]([O-])c1cc2ccccc2cc1-c1ccc2c(-c3ccccc3)n(-c3ccccc3)c(-c3ccccc3)c2c1. The van der Waals surface area contributed by atoms with Crippen molar-refractivity contribution in [2.45, 2.75) is 0 Å². The summed E-state index contributed by atoms with van der Waals surface area (Å²) in [5, 5.41) is 16.2. The predicted molar refractivity (Wildman–Crippen MR) is 164 cm³/mol. The predicted octanol–water partition coefficient (Wildman–Crippen LogP) is 9.69. The number of para-hydroxylation sites is 1. The molecule has 40 heavy (non-hydrogen) atoms. The highest BCUT2D eigenvalue weighted by Gasteiger charge is 2.23. The summed E-state index contributed by atoms with van der Waals surface area (Å²) >= 11 is 0. The van der Waals surface area contributed by atoms with E-state index in [-0.39, 0.29) is 10.6 Å². The lowest BCUT2D eigenvalue weighted by Crippen LogP contribution is -1.99. The molecule has 1 aromatic heterocycles. The molecule has 0 amide bonds. The molecular weight excluding hydrogens is 492 g/mol. The molecule has 0 spiro atoms. The number of rotatable bonds is 5. The monoisotopic (exact) mass is 516 g/mol. The first kappa shape index (κ1) is 23.6. The molecule has 0 atom stereocenters. The van der Waals surface area contributed by atoms with E-state index in [1.165, 1.54) is 0 Å². The largest absolute Gasteiger partial charge is 0.308 e. The molecule has 0 fully saturated rings. The fraction of sp³-hybridized carbons (Fsp3) is 0. The van der Waals surface area contributed by atoms with E-state index in [0.717, 1.165) is 55.3 Å². The van der Waals surface area contributed by atoms with Crippen LogP contribution in [0.25, 0.3) is 60.9 Å². The number of nitrogens with zero attached hydrogens (tertiary/aromatic N) is 2. The smallest absolute Gasteiger partial charge is 0.277 e. The van der Waals surface area contributed by atoms with Crippen LogP contribution in [0.3, 0.4) is 0 Å². The van der Waals surface area contributed by atoms with Gasteiger partial charge in [0.1, 0.15) is 0 Å². The number of benzene rings is 6. The number of fused-ring (bicyclic) bond motifs is 2. The maximum Gasteiger partial charge on any atom is 0.277 e. The van der Waals surface area contributed by atoms with Crippen molar-refractivity contribution in [3.05, 3.63) is 156 Å². The van der Waals surface area contributed by atoms with Gasteiger partial charge in [0.25, 0.3) is 5.69 Å². The number of hydrogen-bond donors (Lipinski definition) is 0. The molecule has 0 N–H and O–H groups in total. The van der Waals surface area contributed by atoms with Crippen LogP contribution in [0.2, 0.25) is 0 Å². The topological polar surface area (TPSA) is 48.1 Å². The van der Waals surface area contributed by atoms with Crippen LogP contribution in [-0.4, -0.2) is 9.49 Å². The van der Waals surface area contributed by atoms with E-state index in [4.69, 9.17) is 0 Å². The van der Waals surface area contributed by atoms with Gasteiger partial charge in [-0.05, 0) is 51.7 Å². The van der Waals surface area contributed by atoms with Crippen LogP contribution in [0.1, 0.15) is 0 Å². The fourth-order valence-corrected chi connectivity index (χ4v) is 5.67. The van der Waals surface area contributed by atoms with Crippen molar-refractivity contribution in [1.82, 2.24) is 4.57 Å². The number of nitro groups is 1. The first-order valence-electron chi connectivity index (χ1n) is 13.2. The number of aromatic nitrogens is 1. The van der Waals surface area contributed by atoms with Gasteiger partial charge in [-0.15, -0.1) is 0 Å². The Morgan fingerprint density at radius 1 is 0.500 bits per heavy atom. The van der Waals surface area contributed by atoms with E-state index < -0.39 is 0 Å². The Balaban J connectivity index is 1.60. The van der Waals surface area contributed by atoms with Crippen LogP contribution in [0, 0.1) is 10.1 Å². The molecule has 0 unspecified atom stereocenters. The van der Waals surface area contributed by atoms with Gasteiger partial charge in [-0.2, -0.15) is 0 Å². The van der Waals surface area contributed by atoms with Gasteiger partial charge in [-0.3, -0.25) is 10.1 Å². The fourth-order valence-electron chi connectivity index (χ4n) is 5.67. The lowest BCUT2D eigenvalue weighted by Gasteiger charge is -2.14. The highest BCUT2D eigenvalue weighted by Crippen LogP contribution is 2.44. The van der Waals surface area contributed by atoms with Gasteiger partial charge < -0.3 is 4.57 Å². The van der Waals surface area contributed by atoms with E-state index in [2.05, 4.69) is 65.2 Å². The summed E-state index contributed by atoms with van der Waals surface area (Å²) in [6.07, 6.45) is 0. The molecule has 0 saturated carbocycles. The highest BCUT2D eigenvalue weighted by molar-refractivity contribution is 6.08. The van der Waals surface area contributed by atoms with Crippen molar-refractivity contribution in [2.24, 2.45) is 0 Å². The summed E-state index contributed by atoms with van der Waals surface area (Å²) in [5.41, 5.74) is 6.88. The molecule has 6 aromatic carbocycles. The molecule has 7 rings (SSSR count). The molecule has 0 aliphatic rings. The van der Waals surface area contributed by atoms with E-state index >= 15 is 0 Å². The summed E-state index contributed by atoms with van der Waals surface area (Å²) in [4.78, 5) is 11.9. The third kappa shape index (κ3) is 3.94. The van der Waals surface area contributed by atoms with Crippen LogP contribution < -0.4 is 0 Å². The zero-order valence-corrected chi connectivity index (χ0v) is 21.6. The number of nitro benzene ring substituents is 1. The molecule has 7 aromatic rings. The summed E-state index contributed by atoms with van der Waals surface area (Å²) in [6.45, 7) is 0. The third-order valence-corrected chi connectivity index (χ3v) is 7.46. The summed E-state index contributed by atoms with van der Waals surface area (Å²) in [6, 6.07) is 48.7. The van der Waals surface area contributed by atoms with Crippen LogP contribution in [-0.2, 0) is 0 Å². The van der Waals surface area contributed by atoms with Crippen LogP contribution in [0.15, 0.2) is 146 Å². The highest BCUT2D eigenvalue weighted by atomic mass is 16.6. The van der Waals surface area contributed by atoms with Crippen LogP contribution in [0.4, 0.5) is 5.69 Å². The van der Waals surface area contributed by atoms with Crippen LogP contribution in [0.5, 0.6) is 0 Å². The lowest BCUT2D eigenvalue weighted by atomic mass is 9.96. The first-order chi connectivity index (χ1) is 19.7. The average molecular weight is 517 g/mol. The molecule has 4 heteroatoms. The standard InChI is InChI=1S/C36H24N2O2/c39-38(40)34-24-28-17-11-10-16-27(28)22-32(34)29-20-21-31-33(23-29)36(26-14-6-2-7-15-26)37(30-18-8-3-9-19-30)35(31)25-12-4-1-5-13-25/h1-24H. The Morgan fingerprint density at radius 3 is 1.62 bits per heavy atom.